The van der Waals surface area contributed by atoms with Crippen molar-refractivity contribution in [2.24, 2.45) is 5.92 Å². The minimum atomic E-state index is -0.267. The molecule has 30 heavy (non-hydrogen) atoms. The first-order chi connectivity index (χ1) is 14.1. The van der Waals surface area contributed by atoms with Gasteiger partial charge in [-0.1, -0.05) is 34.6 Å². The molecule has 0 N–H and O–H groups in total. The summed E-state index contributed by atoms with van der Waals surface area (Å²) in [6.07, 6.45) is 2.49. The molecule has 0 bridgehead atoms. The van der Waals surface area contributed by atoms with Gasteiger partial charge in [-0.15, -0.1) is 0 Å². The van der Waals surface area contributed by atoms with E-state index in [4.69, 9.17) is 9.47 Å². The Morgan fingerprint density at radius 3 is 1.77 bits per heavy atom. The van der Waals surface area contributed by atoms with Gasteiger partial charge in [0.1, 0.15) is 0 Å². The molecular formula is C26H30O4. The summed E-state index contributed by atoms with van der Waals surface area (Å²) in [4.78, 5) is 23.4. The van der Waals surface area contributed by atoms with Gasteiger partial charge < -0.3 is 9.47 Å². The van der Waals surface area contributed by atoms with Gasteiger partial charge in [0, 0.05) is 16.5 Å². The maximum absolute atomic E-state index is 11.8. The molecule has 4 nitrogen and oxygen atoms in total. The van der Waals surface area contributed by atoms with Crippen molar-refractivity contribution in [2.45, 2.75) is 57.3 Å². The van der Waals surface area contributed by atoms with Gasteiger partial charge in [0.25, 0.3) is 0 Å². The molecule has 0 fully saturated rings. The Bertz CT molecular complexity index is 1060. The lowest BCUT2D eigenvalue weighted by Crippen LogP contribution is -2.36. The maximum atomic E-state index is 11.8. The standard InChI is InChI=1S/C26H30O4/c1-15-25(4,5)19-10-22(29-6)23(30-7)11-21(19)26(15)14-24(2,3)18-8-16(12-27)17(13-28)9-20(18)26/h8-13,15H,14H2,1-7H3. The highest BCUT2D eigenvalue weighted by molar-refractivity contribution is 5.91. The topological polar surface area (TPSA) is 52.6 Å². The highest BCUT2D eigenvalue weighted by atomic mass is 16.5. The SMILES string of the molecule is COc1cc2c(cc1OC)C1(CC(C)(C)c3cc(C=O)c(C=O)cc31)C(C)C2(C)C. The molecule has 0 heterocycles. The Kier molecular flexibility index (Phi) is 4.43. The van der Waals surface area contributed by atoms with Gasteiger partial charge in [-0.05, 0) is 69.7 Å². The second-order valence-electron chi connectivity index (χ2n) is 9.99. The molecule has 0 saturated carbocycles. The number of ether oxygens (including phenoxy) is 2. The van der Waals surface area contributed by atoms with E-state index in [0.29, 0.717) is 16.9 Å². The average molecular weight is 407 g/mol. The van der Waals surface area contributed by atoms with Gasteiger partial charge in [0.15, 0.2) is 24.1 Å². The van der Waals surface area contributed by atoms with Crippen molar-refractivity contribution < 1.29 is 19.1 Å². The number of hydrogen-bond donors (Lipinski definition) is 0. The molecule has 0 aromatic heterocycles. The highest BCUT2D eigenvalue weighted by Gasteiger charge is 2.61. The van der Waals surface area contributed by atoms with Crippen LogP contribution in [0.25, 0.3) is 0 Å². The lowest BCUT2D eigenvalue weighted by Gasteiger charge is -2.38. The smallest absolute Gasteiger partial charge is 0.161 e. The van der Waals surface area contributed by atoms with Crippen LogP contribution in [0.15, 0.2) is 24.3 Å². The second-order valence-corrected chi connectivity index (χ2v) is 9.99. The van der Waals surface area contributed by atoms with Crippen LogP contribution < -0.4 is 9.47 Å². The van der Waals surface area contributed by atoms with Gasteiger partial charge >= 0.3 is 0 Å². The van der Waals surface area contributed by atoms with Crippen LogP contribution in [-0.4, -0.2) is 26.8 Å². The second kappa shape index (κ2) is 6.44. The molecule has 2 unspecified atom stereocenters. The fraction of sp³-hybridized carbons (Fsp3) is 0.462. The molecule has 0 aliphatic heterocycles. The molecule has 4 rings (SSSR count). The van der Waals surface area contributed by atoms with E-state index in [1.807, 2.05) is 12.1 Å². The summed E-state index contributed by atoms with van der Waals surface area (Å²) in [5.74, 6) is 1.72. The third-order valence-corrected chi connectivity index (χ3v) is 7.93. The number of benzene rings is 2. The normalized spacial score (nSPS) is 25.0. The number of rotatable bonds is 4. The van der Waals surface area contributed by atoms with Crippen LogP contribution in [0.4, 0.5) is 0 Å². The summed E-state index contributed by atoms with van der Waals surface area (Å²) in [7, 11) is 3.32. The van der Waals surface area contributed by atoms with Gasteiger partial charge in [-0.2, -0.15) is 0 Å². The number of carbonyl (C=O) groups is 2. The van der Waals surface area contributed by atoms with Crippen LogP contribution in [0, 0.1) is 5.92 Å². The van der Waals surface area contributed by atoms with E-state index < -0.39 is 0 Å². The summed E-state index contributed by atoms with van der Waals surface area (Å²) in [5.41, 5.74) is 5.23. The Labute approximate surface area is 178 Å². The van der Waals surface area contributed by atoms with Crippen molar-refractivity contribution >= 4 is 12.6 Å². The first-order valence-electron chi connectivity index (χ1n) is 10.4. The first-order valence-corrected chi connectivity index (χ1v) is 10.4. The summed E-state index contributed by atoms with van der Waals surface area (Å²) in [5, 5.41) is 0. The molecule has 2 aliphatic carbocycles. The van der Waals surface area contributed by atoms with Crippen molar-refractivity contribution in [3.05, 3.63) is 57.6 Å². The lowest BCUT2D eigenvalue weighted by molar-refractivity contribution is 0.109. The Morgan fingerprint density at radius 1 is 0.800 bits per heavy atom. The molecule has 2 atom stereocenters. The fourth-order valence-corrected chi connectivity index (χ4v) is 6.14. The first kappa shape index (κ1) is 20.6. The van der Waals surface area contributed by atoms with Crippen LogP contribution in [-0.2, 0) is 16.2 Å². The van der Waals surface area contributed by atoms with E-state index in [1.165, 1.54) is 11.1 Å². The Hall–Kier alpha value is -2.62. The molecule has 2 aromatic carbocycles. The van der Waals surface area contributed by atoms with Gasteiger partial charge in [-0.25, -0.2) is 0 Å². The number of hydrogen-bond acceptors (Lipinski definition) is 4. The predicted octanol–water partition coefficient (Wildman–Crippen LogP) is 5.22. The van der Waals surface area contributed by atoms with Crippen molar-refractivity contribution in [3.63, 3.8) is 0 Å². The fourth-order valence-electron chi connectivity index (χ4n) is 6.14. The lowest BCUT2D eigenvalue weighted by atomic mass is 9.65. The van der Waals surface area contributed by atoms with Crippen molar-refractivity contribution in [1.29, 1.82) is 0 Å². The van der Waals surface area contributed by atoms with E-state index >= 15 is 0 Å². The molecule has 2 aromatic rings. The highest BCUT2D eigenvalue weighted by Crippen LogP contribution is 2.66. The molecule has 2 aliphatic rings. The zero-order valence-corrected chi connectivity index (χ0v) is 18.9. The Balaban J connectivity index is 2.11. The van der Waals surface area contributed by atoms with Crippen LogP contribution in [0.5, 0.6) is 11.5 Å². The average Bonchev–Trinajstić information content (AvgIpc) is 3.06. The van der Waals surface area contributed by atoms with E-state index in [-0.39, 0.29) is 22.2 Å². The van der Waals surface area contributed by atoms with Crippen LogP contribution >= 0.6 is 0 Å². The number of fused-ring (bicyclic) bond motifs is 4. The molecule has 1 spiro atoms. The summed E-state index contributed by atoms with van der Waals surface area (Å²) < 4.78 is 11.3. The number of carbonyl (C=O) groups excluding carboxylic acids is 2. The molecular weight excluding hydrogens is 376 g/mol. The van der Waals surface area contributed by atoms with Gasteiger partial charge in [0.05, 0.1) is 14.2 Å². The van der Waals surface area contributed by atoms with Crippen LogP contribution in [0.1, 0.15) is 84.0 Å². The van der Waals surface area contributed by atoms with Crippen molar-refractivity contribution in [2.75, 3.05) is 14.2 Å². The van der Waals surface area contributed by atoms with Crippen LogP contribution in [0.2, 0.25) is 0 Å². The molecule has 158 valence electrons. The summed E-state index contributed by atoms with van der Waals surface area (Å²) >= 11 is 0. The molecule has 0 amide bonds. The zero-order valence-electron chi connectivity index (χ0n) is 18.9. The van der Waals surface area contributed by atoms with Gasteiger partial charge in [0.2, 0.25) is 0 Å². The third-order valence-electron chi connectivity index (χ3n) is 7.93. The maximum Gasteiger partial charge on any atom is 0.161 e. The Morgan fingerprint density at radius 2 is 1.27 bits per heavy atom. The van der Waals surface area contributed by atoms with Crippen LogP contribution in [0.3, 0.4) is 0 Å². The number of aldehydes is 2. The quantitative estimate of drug-likeness (QED) is 0.653. The monoisotopic (exact) mass is 406 g/mol. The summed E-state index contributed by atoms with van der Waals surface area (Å²) in [6, 6.07) is 8.13. The van der Waals surface area contributed by atoms with Gasteiger partial charge in [-0.3, -0.25) is 9.59 Å². The zero-order chi connectivity index (χ0) is 22.1. The summed E-state index contributed by atoms with van der Waals surface area (Å²) in [6.45, 7) is 11.3. The van der Waals surface area contributed by atoms with Crippen molar-refractivity contribution in [3.8, 4) is 11.5 Å². The van der Waals surface area contributed by atoms with E-state index in [9.17, 15) is 9.59 Å². The minimum absolute atomic E-state index is 0.1000. The van der Waals surface area contributed by atoms with E-state index in [2.05, 4.69) is 46.8 Å². The minimum Gasteiger partial charge on any atom is -0.493 e. The van der Waals surface area contributed by atoms with Crippen molar-refractivity contribution in [1.82, 2.24) is 0 Å². The van der Waals surface area contributed by atoms with E-state index in [0.717, 1.165) is 35.9 Å². The third kappa shape index (κ3) is 2.39. The molecule has 0 radical (unpaired) electrons. The molecule has 0 saturated heterocycles. The largest absolute Gasteiger partial charge is 0.493 e. The number of methoxy groups -OCH3 is 2. The van der Waals surface area contributed by atoms with E-state index in [1.54, 1.807) is 14.2 Å². The molecule has 4 heteroatoms. The predicted molar refractivity (Wildman–Crippen MR) is 117 cm³/mol.